The minimum Gasteiger partial charge on any atom is -0.550 e. The molecule has 1 amide bonds. The normalized spacial score (nSPS) is 15.1. The Hall–Kier alpha value is -2.20. The number of carboxylic acid groups (broad SMARTS) is 3. The maximum absolute atomic E-state index is 11.3. The molecule has 10 heteroatoms. The third-order valence-corrected chi connectivity index (χ3v) is 2.15. The second-order valence-electron chi connectivity index (χ2n) is 3.86. The summed E-state index contributed by atoms with van der Waals surface area (Å²) in [6, 6.07) is -1.28. The first-order valence-electron chi connectivity index (χ1n) is 5.03. The maximum Gasteiger partial charge on any atom is 0.223 e. The van der Waals surface area contributed by atoms with E-state index in [1.165, 1.54) is 0 Å². The lowest BCUT2D eigenvalue weighted by Gasteiger charge is -2.28. The third-order valence-electron chi connectivity index (χ3n) is 2.15. The van der Waals surface area contributed by atoms with E-state index in [0.717, 1.165) is 0 Å². The molecular weight excluding hydrogens is 264 g/mol. The molecule has 0 aliphatic heterocycles. The van der Waals surface area contributed by atoms with Crippen molar-refractivity contribution in [3.8, 4) is 0 Å². The molecule has 0 aromatic heterocycles. The lowest BCUT2D eigenvalue weighted by atomic mass is 9.95. The third kappa shape index (κ3) is 5.79. The Morgan fingerprint density at radius 1 is 1.16 bits per heavy atom. The van der Waals surface area contributed by atoms with Crippen LogP contribution in [0.25, 0.3) is 0 Å². The van der Waals surface area contributed by atoms with Crippen LogP contribution >= 0.6 is 0 Å². The summed E-state index contributed by atoms with van der Waals surface area (Å²) in [7, 11) is 0. The molecule has 10 nitrogen and oxygen atoms in total. The summed E-state index contributed by atoms with van der Waals surface area (Å²) in [5, 5.41) is 42.5. The minimum atomic E-state index is -2.93. The second kappa shape index (κ2) is 6.66. The van der Waals surface area contributed by atoms with E-state index in [0.29, 0.717) is 0 Å². The Labute approximate surface area is 106 Å². The molecule has 0 aromatic rings. The van der Waals surface area contributed by atoms with Gasteiger partial charge in [0.1, 0.15) is 17.6 Å². The molecule has 108 valence electrons. The van der Waals surface area contributed by atoms with E-state index in [1.807, 2.05) is 5.32 Å². The van der Waals surface area contributed by atoms with Gasteiger partial charge in [0.15, 0.2) is 0 Å². The zero-order valence-corrected chi connectivity index (χ0v) is 9.71. The number of aliphatic hydroxyl groups is 1. The number of quaternary nitrogens is 1. The predicted octanol–water partition coefficient (Wildman–Crippen LogP) is -7.53. The van der Waals surface area contributed by atoms with Crippen LogP contribution in [0.4, 0.5) is 0 Å². The molecule has 19 heavy (non-hydrogen) atoms. The molecule has 0 aliphatic carbocycles. The molecule has 0 aromatic carbocycles. The van der Waals surface area contributed by atoms with E-state index in [1.54, 1.807) is 0 Å². The molecule has 0 fully saturated rings. The number of hydrogen-bond acceptors (Lipinski definition) is 8. The highest BCUT2D eigenvalue weighted by Crippen LogP contribution is 2.14. The lowest BCUT2D eigenvalue weighted by molar-refractivity contribution is -0.435. The first kappa shape index (κ1) is 16.8. The fourth-order valence-corrected chi connectivity index (χ4v) is 1.09. The van der Waals surface area contributed by atoms with Crippen LogP contribution in [0, 0.1) is 0 Å². The Morgan fingerprint density at radius 2 is 1.68 bits per heavy atom. The van der Waals surface area contributed by atoms with Gasteiger partial charge in [-0.25, -0.2) is 0 Å². The van der Waals surface area contributed by atoms with Crippen LogP contribution in [0.1, 0.15) is 12.8 Å². The van der Waals surface area contributed by atoms with Gasteiger partial charge in [0.05, 0.1) is 18.9 Å². The molecule has 0 saturated heterocycles. The lowest BCUT2D eigenvalue weighted by Crippen LogP contribution is -2.72. The van der Waals surface area contributed by atoms with Gasteiger partial charge in [0, 0.05) is 12.4 Å². The average Bonchev–Trinajstić information content (AvgIpc) is 2.24. The Balaban J connectivity index is 4.53. The van der Waals surface area contributed by atoms with Crippen LogP contribution in [0.3, 0.4) is 0 Å². The highest BCUT2D eigenvalue weighted by molar-refractivity contribution is 5.89. The SMILES string of the molecule is [NH3+][C@@H](CNC(=O)CC(O)(CC(=O)[O-])C(=O)[O-])C(=O)[O-]. The molecule has 0 aliphatic rings. The zero-order chi connectivity index (χ0) is 15.2. The molecule has 0 rings (SSSR count). The van der Waals surface area contributed by atoms with Gasteiger partial charge in [0.2, 0.25) is 5.91 Å². The first-order chi connectivity index (χ1) is 8.58. The largest absolute Gasteiger partial charge is 0.550 e. The highest BCUT2D eigenvalue weighted by Gasteiger charge is 2.32. The quantitative estimate of drug-likeness (QED) is 0.388. The highest BCUT2D eigenvalue weighted by atomic mass is 16.4. The van der Waals surface area contributed by atoms with Crippen molar-refractivity contribution in [2.75, 3.05) is 6.54 Å². The van der Waals surface area contributed by atoms with Crippen LogP contribution < -0.4 is 26.4 Å². The van der Waals surface area contributed by atoms with Gasteiger partial charge < -0.3 is 45.9 Å². The molecule has 1 unspecified atom stereocenters. The van der Waals surface area contributed by atoms with Crippen molar-refractivity contribution in [3.05, 3.63) is 0 Å². The minimum absolute atomic E-state index is 0.463. The van der Waals surface area contributed by atoms with Crippen molar-refractivity contribution >= 4 is 23.8 Å². The fraction of sp³-hybridized carbons (Fsp3) is 0.556. The van der Waals surface area contributed by atoms with Gasteiger partial charge in [-0.1, -0.05) is 0 Å². The summed E-state index contributed by atoms with van der Waals surface area (Å²) in [5.74, 6) is -6.66. The van der Waals surface area contributed by atoms with Gasteiger partial charge >= 0.3 is 0 Å². The van der Waals surface area contributed by atoms with Gasteiger partial charge in [-0.05, 0) is 0 Å². The Bertz CT molecular complexity index is 396. The van der Waals surface area contributed by atoms with E-state index in [-0.39, 0.29) is 0 Å². The molecule has 2 atom stereocenters. The molecule has 0 spiro atoms. The number of nitrogens with one attached hydrogen (secondary N) is 1. The van der Waals surface area contributed by atoms with Crippen LogP contribution in [-0.4, -0.2) is 47.1 Å². The van der Waals surface area contributed by atoms with Crippen LogP contribution in [0.15, 0.2) is 0 Å². The summed E-state index contributed by atoms with van der Waals surface area (Å²) in [6.45, 7) is -0.463. The van der Waals surface area contributed by atoms with Gasteiger partial charge in [-0.3, -0.25) is 4.79 Å². The van der Waals surface area contributed by atoms with Crippen LogP contribution in [-0.2, 0) is 19.2 Å². The van der Waals surface area contributed by atoms with Crippen molar-refractivity contribution in [3.63, 3.8) is 0 Å². The molecule has 5 N–H and O–H groups in total. The van der Waals surface area contributed by atoms with Crippen LogP contribution in [0.2, 0.25) is 0 Å². The smallest absolute Gasteiger partial charge is 0.223 e. The Kier molecular flexibility index (Phi) is 5.89. The second-order valence-corrected chi connectivity index (χ2v) is 3.86. The van der Waals surface area contributed by atoms with Crippen molar-refractivity contribution in [2.24, 2.45) is 0 Å². The number of rotatable bonds is 8. The number of carbonyl (C=O) groups is 4. The first-order valence-corrected chi connectivity index (χ1v) is 5.03. The number of aliphatic carboxylic acids is 3. The molecule has 0 bridgehead atoms. The summed E-state index contributed by atoms with van der Waals surface area (Å²) in [4.78, 5) is 42.4. The van der Waals surface area contributed by atoms with Crippen molar-refractivity contribution in [1.29, 1.82) is 0 Å². The number of carbonyl (C=O) groups excluding carboxylic acids is 4. The Morgan fingerprint density at radius 3 is 2.05 bits per heavy atom. The van der Waals surface area contributed by atoms with E-state index >= 15 is 0 Å². The molecule has 0 heterocycles. The monoisotopic (exact) mass is 276 g/mol. The zero-order valence-electron chi connectivity index (χ0n) is 9.71. The summed E-state index contributed by atoms with van der Waals surface area (Å²) in [5.41, 5.74) is 0.188. The fourth-order valence-electron chi connectivity index (χ4n) is 1.09. The number of amides is 1. The summed E-state index contributed by atoms with van der Waals surface area (Å²) >= 11 is 0. The standard InChI is InChI=1S/C9H14N2O8/c10-4(7(15)16)3-11-5(12)1-9(19,8(17)18)2-6(13)14/h4,19H,1-3,10H2,(H,11,12)(H,13,14)(H,15,16)(H,17,18)/p-2/t4-,9?/m0/s1. The van der Waals surface area contributed by atoms with E-state index in [2.05, 4.69) is 5.73 Å². The predicted molar refractivity (Wildman–Crippen MR) is 48.9 cm³/mol. The summed E-state index contributed by atoms with van der Waals surface area (Å²) < 4.78 is 0. The van der Waals surface area contributed by atoms with Crippen molar-refractivity contribution in [1.82, 2.24) is 5.32 Å². The number of hydrogen-bond donors (Lipinski definition) is 3. The van der Waals surface area contributed by atoms with Gasteiger partial charge in [-0.2, -0.15) is 0 Å². The van der Waals surface area contributed by atoms with Crippen molar-refractivity contribution < 1.29 is 45.3 Å². The van der Waals surface area contributed by atoms with E-state index in [4.69, 9.17) is 0 Å². The van der Waals surface area contributed by atoms with E-state index < -0.39 is 54.8 Å². The van der Waals surface area contributed by atoms with Crippen LogP contribution in [0.5, 0.6) is 0 Å². The number of carboxylic acids is 3. The van der Waals surface area contributed by atoms with Crippen molar-refractivity contribution in [2.45, 2.75) is 24.5 Å². The molecule has 0 saturated carbocycles. The molecule has 0 radical (unpaired) electrons. The average molecular weight is 276 g/mol. The topological polar surface area (TPSA) is 197 Å². The van der Waals surface area contributed by atoms with E-state index in [9.17, 15) is 39.6 Å². The van der Waals surface area contributed by atoms with Gasteiger partial charge in [-0.15, -0.1) is 0 Å². The molecular formula is C9H12N2O8-2. The van der Waals surface area contributed by atoms with Gasteiger partial charge in [0.25, 0.3) is 0 Å². The summed E-state index contributed by atoms with van der Waals surface area (Å²) in [6.07, 6.45) is -2.46. The maximum atomic E-state index is 11.3.